The van der Waals surface area contributed by atoms with E-state index >= 15 is 0 Å². The van der Waals surface area contributed by atoms with Crippen LogP contribution < -0.4 is 10.5 Å². The number of aromatic nitrogens is 2. The molecule has 0 saturated carbocycles. The summed E-state index contributed by atoms with van der Waals surface area (Å²) in [6.07, 6.45) is 1.35. The van der Waals surface area contributed by atoms with Gasteiger partial charge in [-0.15, -0.1) is 0 Å². The zero-order chi connectivity index (χ0) is 13.0. The Morgan fingerprint density at radius 2 is 1.83 bits per heavy atom. The number of hydrogen-bond acceptors (Lipinski definition) is 4. The van der Waals surface area contributed by atoms with Gasteiger partial charge in [-0.3, -0.25) is 0 Å². The summed E-state index contributed by atoms with van der Waals surface area (Å²) in [4.78, 5) is 3.96. The molecule has 96 valence electrons. The third-order valence-electron chi connectivity index (χ3n) is 2.84. The van der Waals surface area contributed by atoms with Gasteiger partial charge < -0.3 is 9.84 Å². The van der Waals surface area contributed by atoms with E-state index in [1.165, 1.54) is 17.1 Å². The number of hydrogen-bond donors (Lipinski definition) is 1. The molecular formula is C13H19N3OSi. The van der Waals surface area contributed by atoms with Gasteiger partial charge >= 0.3 is 0 Å². The topological polar surface area (TPSA) is 51.0 Å². The molecule has 0 radical (unpaired) electrons. The van der Waals surface area contributed by atoms with Crippen LogP contribution >= 0.6 is 0 Å². The number of nitrogens with one attached hydrogen (secondary N) is 1. The lowest BCUT2D eigenvalue weighted by atomic mass is 10.2. The Kier molecular flexibility index (Phi) is 3.93. The summed E-state index contributed by atoms with van der Waals surface area (Å²) in [5.41, 5.74) is 1.28. The van der Waals surface area contributed by atoms with Gasteiger partial charge in [-0.05, 0) is 5.56 Å². The van der Waals surface area contributed by atoms with E-state index in [0.717, 1.165) is 6.54 Å². The summed E-state index contributed by atoms with van der Waals surface area (Å²) in [7, 11) is -1.18. The molecule has 1 heterocycles. The Hall–Kier alpha value is -1.46. The van der Waals surface area contributed by atoms with Crippen LogP contribution in [0.1, 0.15) is 11.4 Å². The van der Waals surface area contributed by atoms with Crippen LogP contribution in [0.4, 0.5) is 0 Å². The van der Waals surface area contributed by atoms with Gasteiger partial charge in [0.25, 0.3) is 0 Å². The summed E-state index contributed by atoms with van der Waals surface area (Å²) >= 11 is 0. The zero-order valence-electron chi connectivity index (χ0n) is 11.1. The van der Waals surface area contributed by atoms with Gasteiger partial charge in [0.15, 0.2) is 5.82 Å². The van der Waals surface area contributed by atoms with Crippen molar-refractivity contribution in [1.29, 1.82) is 0 Å². The van der Waals surface area contributed by atoms with Crippen molar-refractivity contribution in [3.63, 3.8) is 0 Å². The molecule has 2 aromatic rings. The lowest BCUT2D eigenvalue weighted by Crippen LogP contribution is -2.37. The van der Waals surface area contributed by atoms with E-state index in [2.05, 4.69) is 63.9 Å². The predicted octanol–water partition coefficient (Wildman–Crippen LogP) is 1.90. The number of benzene rings is 1. The van der Waals surface area contributed by atoms with Crippen molar-refractivity contribution in [1.82, 2.24) is 15.5 Å². The molecule has 5 heteroatoms. The Morgan fingerprint density at radius 3 is 2.39 bits per heavy atom. The highest BCUT2D eigenvalue weighted by atomic mass is 28.3. The van der Waals surface area contributed by atoms with Gasteiger partial charge in [0.1, 0.15) is 0 Å². The van der Waals surface area contributed by atoms with Crippen molar-refractivity contribution in [3.05, 3.63) is 42.0 Å². The first-order valence-electron chi connectivity index (χ1n) is 6.11. The molecule has 0 aliphatic carbocycles. The summed E-state index contributed by atoms with van der Waals surface area (Å²) in [5.74, 6) is 0.689. The Morgan fingerprint density at radius 1 is 1.11 bits per heavy atom. The van der Waals surface area contributed by atoms with Crippen LogP contribution in [-0.2, 0) is 13.1 Å². The molecule has 0 fully saturated rings. The van der Waals surface area contributed by atoms with Crippen LogP contribution in [0.5, 0.6) is 0 Å². The van der Waals surface area contributed by atoms with Gasteiger partial charge in [0, 0.05) is 6.54 Å². The minimum atomic E-state index is -1.18. The molecule has 1 N–H and O–H groups in total. The third kappa shape index (κ3) is 3.51. The molecule has 4 nitrogen and oxygen atoms in total. The van der Waals surface area contributed by atoms with Crippen molar-refractivity contribution in [2.45, 2.75) is 32.7 Å². The van der Waals surface area contributed by atoms with Crippen molar-refractivity contribution in [2.75, 3.05) is 0 Å². The smallest absolute Gasteiger partial charge is 0.213 e. The van der Waals surface area contributed by atoms with Gasteiger partial charge in [0.2, 0.25) is 6.39 Å². The predicted molar refractivity (Wildman–Crippen MR) is 74.3 cm³/mol. The van der Waals surface area contributed by atoms with Gasteiger partial charge in [0.05, 0.1) is 14.6 Å². The monoisotopic (exact) mass is 261 g/mol. The number of nitrogens with zero attached hydrogens (tertiary/aromatic N) is 2. The van der Waals surface area contributed by atoms with Crippen LogP contribution in [0.2, 0.25) is 19.6 Å². The highest BCUT2D eigenvalue weighted by Crippen LogP contribution is 2.04. The fourth-order valence-electron chi connectivity index (χ4n) is 1.71. The van der Waals surface area contributed by atoms with E-state index in [9.17, 15) is 0 Å². The summed E-state index contributed by atoms with van der Waals surface area (Å²) in [5, 5.41) is 8.53. The summed E-state index contributed by atoms with van der Waals surface area (Å²) in [6, 6.07) is 8.88. The maximum absolute atomic E-state index is 4.67. The quantitative estimate of drug-likeness (QED) is 0.835. The molecule has 0 aliphatic rings. The molecule has 0 atom stereocenters. The SMILES string of the molecule is C[Si](C)(C)c1ccc(CNCc2ncon2)cc1. The first-order valence-corrected chi connectivity index (χ1v) is 9.61. The van der Waals surface area contributed by atoms with Crippen LogP contribution in [-0.4, -0.2) is 18.2 Å². The van der Waals surface area contributed by atoms with E-state index in [1.54, 1.807) is 0 Å². The number of rotatable bonds is 5. The molecule has 2 rings (SSSR count). The van der Waals surface area contributed by atoms with Crippen molar-refractivity contribution in [2.24, 2.45) is 0 Å². The average Bonchev–Trinajstić information content (AvgIpc) is 2.82. The van der Waals surface area contributed by atoms with Crippen LogP contribution in [0.25, 0.3) is 0 Å². The van der Waals surface area contributed by atoms with Crippen LogP contribution in [0.3, 0.4) is 0 Å². The first kappa shape index (κ1) is 13.0. The molecule has 18 heavy (non-hydrogen) atoms. The maximum Gasteiger partial charge on any atom is 0.213 e. The second kappa shape index (κ2) is 5.45. The normalized spacial score (nSPS) is 11.7. The average molecular weight is 261 g/mol. The minimum absolute atomic E-state index is 0.631. The highest BCUT2D eigenvalue weighted by Gasteiger charge is 2.15. The standard InChI is InChI=1S/C13H19N3OSi/c1-18(2,3)12-6-4-11(5-7-12)8-14-9-13-15-10-17-16-13/h4-7,10,14H,8-9H2,1-3H3. The lowest BCUT2D eigenvalue weighted by molar-refractivity contribution is 0.407. The lowest BCUT2D eigenvalue weighted by Gasteiger charge is -2.16. The fourth-order valence-corrected chi connectivity index (χ4v) is 2.88. The van der Waals surface area contributed by atoms with Crippen molar-refractivity contribution >= 4 is 13.3 Å². The Labute approximate surface area is 108 Å². The first-order chi connectivity index (χ1) is 8.55. The van der Waals surface area contributed by atoms with E-state index in [-0.39, 0.29) is 0 Å². The molecule has 0 saturated heterocycles. The molecular weight excluding hydrogens is 242 g/mol. The minimum Gasteiger partial charge on any atom is -0.343 e. The summed E-state index contributed by atoms with van der Waals surface area (Å²) < 4.78 is 4.67. The van der Waals surface area contributed by atoms with Crippen LogP contribution in [0, 0.1) is 0 Å². The van der Waals surface area contributed by atoms with Crippen molar-refractivity contribution < 1.29 is 4.52 Å². The molecule has 1 aromatic heterocycles. The van der Waals surface area contributed by atoms with E-state index < -0.39 is 8.07 Å². The second-order valence-electron chi connectivity index (χ2n) is 5.40. The highest BCUT2D eigenvalue weighted by molar-refractivity contribution is 6.88. The van der Waals surface area contributed by atoms with Gasteiger partial charge in [-0.2, -0.15) is 4.98 Å². The van der Waals surface area contributed by atoms with E-state index in [4.69, 9.17) is 0 Å². The Balaban J connectivity index is 1.87. The van der Waals surface area contributed by atoms with Crippen molar-refractivity contribution in [3.8, 4) is 0 Å². The molecule has 0 bridgehead atoms. The van der Waals surface area contributed by atoms with Gasteiger partial charge in [-0.25, -0.2) is 0 Å². The molecule has 0 spiro atoms. The maximum atomic E-state index is 4.67. The molecule has 0 unspecified atom stereocenters. The third-order valence-corrected chi connectivity index (χ3v) is 4.90. The van der Waals surface area contributed by atoms with Gasteiger partial charge in [-0.1, -0.05) is 54.2 Å². The molecule has 1 aromatic carbocycles. The van der Waals surface area contributed by atoms with Crippen LogP contribution in [0.15, 0.2) is 35.2 Å². The van der Waals surface area contributed by atoms with E-state index in [0.29, 0.717) is 12.4 Å². The molecule has 0 aliphatic heterocycles. The zero-order valence-corrected chi connectivity index (χ0v) is 12.1. The Bertz CT molecular complexity index is 474. The second-order valence-corrected chi connectivity index (χ2v) is 10.5. The molecule has 0 amide bonds. The van der Waals surface area contributed by atoms with E-state index in [1.807, 2.05) is 0 Å². The largest absolute Gasteiger partial charge is 0.343 e. The fraction of sp³-hybridized carbons (Fsp3) is 0.385. The summed E-state index contributed by atoms with van der Waals surface area (Å²) in [6.45, 7) is 8.52.